The van der Waals surface area contributed by atoms with E-state index >= 15 is 0 Å². The smallest absolute Gasteiger partial charge is 0.408 e. The quantitative estimate of drug-likeness (QED) is 0.577. The third-order valence-electron chi connectivity index (χ3n) is 5.47. The molecule has 0 radical (unpaired) electrons. The number of hydrogen-bond acceptors (Lipinski definition) is 6. The van der Waals surface area contributed by atoms with Gasteiger partial charge in [0.25, 0.3) is 0 Å². The minimum atomic E-state index is -1.51. The normalized spacial score (nSPS) is 21.8. The fourth-order valence-electron chi connectivity index (χ4n) is 3.95. The molecule has 0 bridgehead atoms. The first kappa shape index (κ1) is 27.4. The molecule has 3 atom stereocenters. The van der Waals surface area contributed by atoms with Crippen LogP contribution in [0.2, 0.25) is 0 Å². The molecule has 0 aliphatic carbocycles. The van der Waals surface area contributed by atoms with Crippen LogP contribution in [0.3, 0.4) is 0 Å². The van der Waals surface area contributed by atoms with Crippen LogP contribution in [0.1, 0.15) is 67.4 Å². The maximum Gasteiger partial charge on any atom is 0.408 e. The van der Waals surface area contributed by atoms with E-state index in [1.54, 1.807) is 65.8 Å². The molecular weight excluding hydrogens is 438 g/mol. The lowest BCUT2D eigenvalue weighted by atomic mass is 9.85. The zero-order valence-electron chi connectivity index (χ0n) is 21.5. The number of aliphatic hydroxyl groups is 1. The molecular formula is C25H39N3O6. The Labute approximate surface area is 202 Å². The molecule has 2 rings (SSSR count). The monoisotopic (exact) mass is 477 g/mol. The Morgan fingerprint density at radius 2 is 1.79 bits per heavy atom. The number of carbonyl (C=O) groups excluding carboxylic acids is 3. The molecule has 3 amide bonds. The number of alkyl carbamates (subject to hydrolysis) is 1. The average molecular weight is 478 g/mol. The van der Waals surface area contributed by atoms with Gasteiger partial charge in [0.15, 0.2) is 0 Å². The molecule has 1 aromatic rings. The summed E-state index contributed by atoms with van der Waals surface area (Å²) >= 11 is 0. The van der Waals surface area contributed by atoms with E-state index in [0.29, 0.717) is 11.3 Å². The van der Waals surface area contributed by atoms with Crippen LogP contribution in [0.25, 0.3) is 0 Å². The van der Waals surface area contributed by atoms with E-state index in [9.17, 15) is 19.5 Å². The summed E-state index contributed by atoms with van der Waals surface area (Å²) in [4.78, 5) is 39.7. The number of hydrogen-bond donors (Lipinski definition) is 3. The van der Waals surface area contributed by atoms with E-state index in [1.165, 1.54) is 4.90 Å². The van der Waals surface area contributed by atoms with Gasteiger partial charge in [-0.15, -0.1) is 0 Å². The van der Waals surface area contributed by atoms with Crippen molar-refractivity contribution in [3.63, 3.8) is 0 Å². The van der Waals surface area contributed by atoms with Gasteiger partial charge >= 0.3 is 6.09 Å². The summed E-state index contributed by atoms with van der Waals surface area (Å²) in [6.45, 7) is 14.2. The predicted octanol–water partition coefficient (Wildman–Crippen LogP) is 2.69. The molecule has 1 heterocycles. The van der Waals surface area contributed by atoms with E-state index in [-0.39, 0.29) is 19.1 Å². The molecule has 0 unspecified atom stereocenters. The Bertz CT molecular complexity index is 918. The van der Waals surface area contributed by atoms with Crippen molar-refractivity contribution in [3.05, 3.63) is 29.8 Å². The number of carbonyl (C=O) groups is 3. The highest BCUT2D eigenvalue weighted by Gasteiger charge is 2.51. The van der Waals surface area contributed by atoms with Crippen LogP contribution in [-0.2, 0) is 19.9 Å². The summed E-state index contributed by atoms with van der Waals surface area (Å²) in [6, 6.07) is 4.89. The maximum atomic E-state index is 13.7. The molecule has 0 spiro atoms. The third kappa shape index (κ3) is 6.85. The Balaban J connectivity index is 2.37. The first-order valence-electron chi connectivity index (χ1n) is 11.5. The number of ether oxygens (including phenoxy) is 2. The zero-order chi connectivity index (χ0) is 26.1. The van der Waals surface area contributed by atoms with Crippen LogP contribution in [0.5, 0.6) is 5.75 Å². The Morgan fingerprint density at radius 3 is 2.29 bits per heavy atom. The zero-order valence-corrected chi connectivity index (χ0v) is 21.5. The van der Waals surface area contributed by atoms with Crippen LogP contribution in [0, 0.1) is 5.41 Å². The molecule has 4 N–H and O–H groups in total. The van der Waals surface area contributed by atoms with Gasteiger partial charge in [-0.1, -0.05) is 32.9 Å². The molecule has 9 nitrogen and oxygen atoms in total. The number of rotatable bonds is 6. The molecule has 190 valence electrons. The molecule has 0 saturated carbocycles. The van der Waals surface area contributed by atoms with Gasteiger partial charge in [-0.3, -0.25) is 9.59 Å². The van der Waals surface area contributed by atoms with Gasteiger partial charge in [-0.2, -0.15) is 0 Å². The highest BCUT2D eigenvalue weighted by atomic mass is 16.6. The second-order valence-corrected chi connectivity index (χ2v) is 11.3. The van der Waals surface area contributed by atoms with E-state index in [1.807, 2.05) is 13.8 Å². The summed E-state index contributed by atoms with van der Waals surface area (Å²) < 4.78 is 11.1. The van der Waals surface area contributed by atoms with Crippen LogP contribution in [0.4, 0.5) is 4.79 Å². The molecule has 34 heavy (non-hydrogen) atoms. The van der Waals surface area contributed by atoms with Crippen molar-refractivity contribution in [2.75, 3.05) is 6.54 Å². The molecule has 1 aliphatic rings. The van der Waals surface area contributed by atoms with Crippen molar-refractivity contribution in [1.82, 2.24) is 10.2 Å². The van der Waals surface area contributed by atoms with Gasteiger partial charge in [0.1, 0.15) is 29.0 Å². The van der Waals surface area contributed by atoms with E-state index < -0.39 is 46.6 Å². The van der Waals surface area contributed by atoms with Gasteiger partial charge in [0, 0.05) is 6.42 Å². The maximum absolute atomic E-state index is 13.7. The number of benzene rings is 1. The van der Waals surface area contributed by atoms with Crippen LogP contribution >= 0.6 is 0 Å². The van der Waals surface area contributed by atoms with Gasteiger partial charge < -0.3 is 30.5 Å². The highest BCUT2D eigenvalue weighted by Crippen LogP contribution is 2.38. The van der Waals surface area contributed by atoms with E-state index in [4.69, 9.17) is 15.2 Å². The van der Waals surface area contributed by atoms with Crippen molar-refractivity contribution < 1.29 is 29.0 Å². The molecule has 1 aromatic carbocycles. The number of likely N-dealkylation sites (tertiary alicyclic amines) is 1. The van der Waals surface area contributed by atoms with Crippen LogP contribution in [0.15, 0.2) is 24.3 Å². The van der Waals surface area contributed by atoms with E-state index in [0.717, 1.165) is 0 Å². The predicted molar refractivity (Wildman–Crippen MR) is 128 cm³/mol. The second-order valence-electron chi connectivity index (χ2n) is 11.3. The first-order chi connectivity index (χ1) is 15.4. The molecule has 0 aromatic heterocycles. The van der Waals surface area contributed by atoms with Crippen molar-refractivity contribution in [2.24, 2.45) is 11.1 Å². The second kappa shape index (κ2) is 9.82. The van der Waals surface area contributed by atoms with Crippen LogP contribution in [-0.4, -0.2) is 58.2 Å². The Hall–Kier alpha value is -2.81. The Kier molecular flexibility index (Phi) is 7.92. The summed E-state index contributed by atoms with van der Waals surface area (Å²) in [5.74, 6) is -0.683. The van der Waals surface area contributed by atoms with Crippen molar-refractivity contribution in [1.29, 1.82) is 0 Å². The standard InChI is InChI=1S/C25H39N3O6/c1-15(2)33-17-11-9-10-16(12-17)25(32)13-18(20(26)29)28(14-25)21(30)19(23(3,4)5)27-22(31)34-24(6,7)8/h9-12,15,18-19,32H,13-14H2,1-8H3,(H2,26,29)(H,27,31)/t18-,19+,25-/m0/s1. The summed E-state index contributed by atoms with van der Waals surface area (Å²) in [7, 11) is 0. The topological polar surface area (TPSA) is 131 Å². The summed E-state index contributed by atoms with van der Waals surface area (Å²) in [5.41, 5.74) is 3.18. The van der Waals surface area contributed by atoms with Gasteiger partial charge in [0.05, 0.1) is 12.6 Å². The number of nitrogens with two attached hydrogens (primary N) is 1. The number of primary amides is 1. The molecule has 1 saturated heterocycles. The largest absolute Gasteiger partial charge is 0.491 e. The number of amides is 3. The molecule has 1 fully saturated rings. The molecule has 1 aliphatic heterocycles. The van der Waals surface area contributed by atoms with Gasteiger partial charge in [-0.25, -0.2) is 4.79 Å². The highest BCUT2D eigenvalue weighted by molar-refractivity contribution is 5.92. The van der Waals surface area contributed by atoms with Gasteiger partial charge in [-0.05, 0) is 57.7 Å². The van der Waals surface area contributed by atoms with Crippen molar-refractivity contribution >= 4 is 17.9 Å². The minimum Gasteiger partial charge on any atom is -0.491 e. The Morgan fingerprint density at radius 1 is 1.18 bits per heavy atom. The van der Waals surface area contributed by atoms with Gasteiger partial charge in [0.2, 0.25) is 11.8 Å². The van der Waals surface area contributed by atoms with E-state index in [2.05, 4.69) is 5.32 Å². The van der Waals surface area contributed by atoms with Crippen molar-refractivity contribution in [2.45, 2.75) is 91.2 Å². The summed E-state index contributed by atoms with van der Waals surface area (Å²) in [5, 5.41) is 14.2. The number of nitrogens with zero attached hydrogens (tertiary/aromatic N) is 1. The van der Waals surface area contributed by atoms with Crippen LogP contribution < -0.4 is 15.8 Å². The lowest BCUT2D eigenvalue weighted by molar-refractivity contribution is -0.141. The van der Waals surface area contributed by atoms with Crippen molar-refractivity contribution in [3.8, 4) is 5.75 Å². The fraction of sp³-hybridized carbons (Fsp3) is 0.640. The molecule has 9 heteroatoms. The lowest BCUT2D eigenvalue weighted by Gasteiger charge is -2.35. The third-order valence-corrected chi connectivity index (χ3v) is 5.47. The average Bonchev–Trinajstić information content (AvgIpc) is 3.02. The summed E-state index contributed by atoms with van der Waals surface area (Å²) in [6.07, 6.45) is -0.872. The first-order valence-corrected chi connectivity index (χ1v) is 11.5. The number of β-amino-alcohol motifs (C(OH)–C–C–N with tert-alkyl or cyclic N) is 1. The fourth-order valence-corrected chi connectivity index (χ4v) is 3.95. The number of nitrogens with one attached hydrogen (secondary N) is 1. The minimum absolute atomic E-state index is 0.0589. The lowest BCUT2D eigenvalue weighted by Crippen LogP contribution is -2.58. The SMILES string of the molecule is CC(C)Oc1cccc([C@]2(O)C[C@@H](C(N)=O)N(C(=O)[C@@H](NC(=O)OC(C)(C)C)C(C)(C)C)C2)c1.